The minimum atomic E-state index is 0.0422. The van der Waals surface area contributed by atoms with E-state index in [-0.39, 0.29) is 10.8 Å². The van der Waals surface area contributed by atoms with E-state index in [2.05, 4.69) is 105 Å². The number of allylic oxidation sites excluding steroid dienone is 6. The third kappa shape index (κ3) is 5.71. The summed E-state index contributed by atoms with van der Waals surface area (Å²) in [6.45, 7) is 25.7. The van der Waals surface area contributed by atoms with Crippen molar-refractivity contribution in [1.82, 2.24) is 4.90 Å². The molecule has 1 nitrogen and oxygen atoms in total. The van der Waals surface area contributed by atoms with Crippen LogP contribution < -0.4 is 0 Å². The Labute approximate surface area is 138 Å². The van der Waals surface area contributed by atoms with Crippen LogP contribution in [0.25, 0.3) is 0 Å². The van der Waals surface area contributed by atoms with Gasteiger partial charge in [-0.05, 0) is 30.4 Å². The molecule has 0 aliphatic rings. The van der Waals surface area contributed by atoms with Gasteiger partial charge in [0.25, 0.3) is 0 Å². The summed E-state index contributed by atoms with van der Waals surface area (Å²) in [6.07, 6.45) is 8.53. The molecule has 0 fully saturated rings. The Hall–Kier alpha value is -1.50. The molecule has 0 rings (SSSR count). The number of nitrogens with zero attached hydrogens (tertiary/aromatic N) is 1. The van der Waals surface area contributed by atoms with Crippen LogP contribution in [0.4, 0.5) is 0 Å². The molecule has 0 unspecified atom stereocenters. The smallest absolute Gasteiger partial charge is 0.0432 e. The van der Waals surface area contributed by atoms with Gasteiger partial charge < -0.3 is 4.90 Å². The van der Waals surface area contributed by atoms with E-state index in [1.807, 2.05) is 0 Å². The van der Waals surface area contributed by atoms with E-state index < -0.39 is 0 Å². The normalized spacial score (nSPS) is 14.4. The van der Waals surface area contributed by atoms with Gasteiger partial charge in [-0.25, -0.2) is 0 Å². The van der Waals surface area contributed by atoms with E-state index in [0.717, 1.165) is 11.3 Å². The molecule has 22 heavy (non-hydrogen) atoms. The maximum atomic E-state index is 4.26. The fraction of sp³-hybridized carbons (Fsp3) is 0.524. The first-order valence-corrected chi connectivity index (χ1v) is 7.99. The van der Waals surface area contributed by atoms with Gasteiger partial charge in [0.15, 0.2) is 0 Å². The van der Waals surface area contributed by atoms with E-state index in [4.69, 9.17) is 0 Å². The first kappa shape index (κ1) is 20.5. The lowest BCUT2D eigenvalue weighted by Gasteiger charge is -2.33. The molecule has 0 atom stereocenters. The summed E-state index contributed by atoms with van der Waals surface area (Å²) in [5.74, 6) is 0. The summed E-state index contributed by atoms with van der Waals surface area (Å²) in [6, 6.07) is 0. The lowest BCUT2D eigenvalue weighted by atomic mass is 9.87. The first-order valence-electron chi connectivity index (χ1n) is 7.99. The highest BCUT2D eigenvalue weighted by Crippen LogP contribution is 2.31. The fourth-order valence-corrected chi connectivity index (χ4v) is 1.97. The first-order chi connectivity index (χ1) is 9.86. The maximum absolute atomic E-state index is 4.26. The molecule has 0 aliphatic carbocycles. The second kappa shape index (κ2) is 7.67. The van der Waals surface area contributed by atoms with Crippen LogP contribution in [0.2, 0.25) is 0 Å². The molecule has 0 saturated heterocycles. The van der Waals surface area contributed by atoms with Gasteiger partial charge in [-0.3, -0.25) is 0 Å². The molecule has 0 aromatic heterocycles. The third-order valence-corrected chi connectivity index (χ3v) is 3.94. The summed E-state index contributed by atoms with van der Waals surface area (Å²) in [5, 5.41) is 0. The molecule has 0 aromatic carbocycles. The quantitative estimate of drug-likeness (QED) is 0.525. The predicted molar refractivity (Wildman–Crippen MR) is 102 cm³/mol. The second-order valence-electron chi connectivity index (χ2n) is 7.78. The van der Waals surface area contributed by atoms with E-state index in [9.17, 15) is 0 Å². The highest BCUT2D eigenvalue weighted by molar-refractivity contribution is 5.42. The molecule has 0 N–H and O–H groups in total. The van der Waals surface area contributed by atoms with E-state index in [0.29, 0.717) is 0 Å². The monoisotopic (exact) mass is 301 g/mol. The maximum Gasteiger partial charge on any atom is 0.0432 e. The van der Waals surface area contributed by atoms with Gasteiger partial charge in [0.2, 0.25) is 0 Å². The van der Waals surface area contributed by atoms with Crippen molar-refractivity contribution in [1.29, 1.82) is 0 Å². The molecule has 0 radical (unpaired) electrons. The van der Waals surface area contributed by atoms with E-state index in [1.54, 1.807) is 0 Å². The van der Waals surface area contributed by atoms with Crippen LogP contribution in [-0.4, -0.2) is 11.9 Å². The minimum Gasteiger partial charge on any atom is -0.348 e. The number of likely N-dealkylation sites (N-methyl/N-ethyl adjacent to an activating group) is 1. The fourth-order valence-electron chi connectivity index (χ4n) is 1.97. The Morgan fingerprint density at radius 3 is 1.64 bits per heavy atom. The van der Waals surface area contributed by atoms with Gasteiger partial charge in [-0.2, -0.15) is 0 Å². The summed E-state index contributed by atoms with van der Waals surface area (Å²) in [5.41, 5.74) is 4.70. The van der Waals surface area contributed by atoms with Crippen molar-refractivity contribution in [3.05, 3.63) is 60.0 Å². The molecule has 0 spiro atoms. The zero-order valence-electron chi connectivity index (χ0n) is 16.2. The standard InChI is InChI=1S/C21H35N/c1-12-18(15-14-16(3)20(5,6)7)19(13-2)22(11)17(4)21(8,9)10/h12-15H,3-4H2,1-2,5-11H3/b15-14-,18-12+,19-13-. The van der Waals surface area contributed by atoms with Crippen LogP contribution in [0.1, 0.15) is 55.4 Å². The minimum absolute atomic E-state index is 0.0422. The summed E-state index contributed by atoms with van der Waals surface area (Å²) in [7, 11) is 2.08. The van der Waals surface area contributed by atoms with Gasteiger partial charge >= 0.3 is 0 Å². The predicted octanol–water partition coefficient (Wildman–Crippen LogP) is 6.49. The molecule has 0 amide bonds. The summed E-state index contributed by atoms with van der Waals surface area (Å²) in [4.78, 5) is 2.18. The lowest BCUT2D eigenvalue weighted by molar-refractivity contribution is 0.365. The zero-order chi connectivity index (χ0) is 17.7. The van der Waals surface area contributed by atoms with Crippen molar-refractivity contribution in [2.24, 2.45) is 10.8 Å². The number of hydrogen-bond donors (Lipinski definition) is 0. The van der Waals surface area contributed by atoms with Gasteiger partial charge in [-0.1, -0.05) is 79.0 Å². The van der Waals surface area contributed by atoms with Crippen molar-refractivity contribution < 1.29 is 0 Å². The van der Waals surface area contributed by atoms with Crippen LogP contribution >= 0.6 is 0 Å². The molecule has 0 saturated carbocycles. The van der Waals surface area contributed by atoms with Crippen molar-refractivity contribution in [2.75, 3.05) is 7.05 Å². The Morgan fingerprint density at radius 1 is 0.818 bits per heavy atom. The van der Waals surface area contributed by atoms with Gasteiger partial charge in [-0.15, -0.1) is 0 Å². The van der Waals surface area contributed by atoms with Gasteiger partial charge in [0, 0.05) is 23.9 Å². The largest absolute Gasteiger partial charge is 0.348 e. The van der Waals surface area contributed by atoms with Gasteiger partial charge in [0.1, 0.15) is 0 Å². The highest BCUT2D eigenvalue weighted by Gasteiger charge is 2.21. The Morgan fingerprint density at radius 2 is 1.32 bits per heavy atom. The van der Waals surface area contributed by atoms with Crippen LogP contribution in [0, 0.1) is 10.8 Å². The molecular formula is C21H35N. The lowest BCUT2D eigenvalue weighted by Crippen LogP contribution is -2.26. The molecule has 124 valence electrons. The number of hydrogen-bond acceptors (Lipinski definition) is 1. The summed E-state index contributed by atoms with van der Waals surface area (Å²) < 4.78 is 0. The molecule has 0 aromatic rings. The molecule has 0 aliphatic heterocycles. The van der Waals surface area contributed by atoms with Crippen LogP contribution in [0.15, 0.2) is 60.0 Å². The van der Waals surface area contributed by atoms with Crippen molar-refractivity contribution >= 4 is 0 Å². The topological polar surface area (TPSA) is 3.24 Å². The van der Waals surface area contributed by atoms with Crippen molar-refractivity contribution in [3.8, 4) is 0 Å². The van der Waals surface area contributed by atoms with E-state index in [1.165, 1.54) is 11.3 Å². The molecular weight excluding hydrogens is 266 g/mol. The third-order valence-electron chi connectivity index (χ3n) is 3.94. The SMILES string of the molecule is C=C(\C=C/C(=C\C)C(=C/C)/N(C)C(=C)C(C)(C)C)C(C)(C)C. The Balaban J connectivity index is 5.44. The van der Waals surface area contributed by atoms with Crippen molar-refractivity contribution in [3.63, 3.8) is 0 Å². The highest BCUT2D eigenvalue weighted by atomic mass is 15.1. The average molecular weight is 302 g/mol. The molecule has 0 bridgehead atoms. The molecule has 1 heteroatoms. The Kier molecular flexibility index (Phi) is 7.15. The summed E-state index contributed by atoms with van der Waals surface area (Å²) >= 11 is 0. The van der Waals surface area contributed by atoms with Crippen LogP contribution in [-0.2, 0) is 0 Å². The van der Waals surface area contributed by atoms with Crippen LogP contribution in [0.3, 0.4) is 0 Å². The number of rotatable bonds is 5. The average Bonchev–Trinajstić information content (AvgIpc) is 2.39. The Bertz CT molecular complexity index is 499. The van der Waals surface area contributed by atoms with Crippen molar-refractivity contribution in [2.45, 2.75) is 55.4 Å². The molecule has 0 heterocycles. The van der Waals surface area contributed by atoms with E-state index >= 15 is 0 Å². The zero-order valence-corrected chi connectivity index (χ0v) is 16.2. The second-order valence-corrected chi connectivity index (χ2v) is 7.78. The van der Waals surface area contributed by atoms with Crippen LogP contribution in [0.5, 0.6) is 0 Å². The van der Waals surface area contributed by atoms with Gasteiger partial charge in [0.05, 0.1) is 0 Å².